The maximum absolute atomic E-state index is 6.00. The van der Waals surface area contributed by atoms with Crippen LogP contribution in [-0.2, 0) is 0 Å². The largest absolute Gasteiger partial charge is 0.340 e. The van der Waals surface area contributed by atoms with Gasteiger partial charge in [0.05, 0.1) is 50.2 Å². The van der Waals surface area contributed by atoms with E-state index >= 15 is 0 Å². The lowest BCUT2D eigenvalue weighted by atomic mass is 9.77. The number of rotatable bonds is 7. The van der Waals surface area contributed by atoms with Crippen LogP contribution in [0.5, 0.6) is 0 Å². The number of nitrogens with one attached hydrogen (secondary N) is 1. The van der Waals surface area contributed by atoms with Crippen molar-refractivity contribution in [2.75, 3.05) is 0 Å². The van der Waals surface area contributed by atoms with E-state index in [9.17, 15) is 0 Å². The molecular weight excluding hydrogens is 973 g/mol. The summed E-state index contributed by atoms with van der Waals surface area (Å²) in [5.74, 6) is 0.820. The maximum atomic E-state index is 6.00. The zero-order chi connectivity index (χ0) is 53.1. The van der Waals surface area contributed by atoms with Gasteiger partial charge in [0.25, 0.3) is 0 Å². The average Bonchev–Trinajstić information content (AvgIpc) is 4.40. The molecule has 6 heteroatoms. The summed E-state index contributed by atoms with van der Waals surface area (Å²) in [4.78, 5) is 6.00. The fourth-order valence-electron chi connectivity index (χ4n) is 13.3. The predicted octanol–water partition coefficient (Wildman–Crippen LogP) is 18.6. The van der Waals surface area contributed by atoms with Gasteiger partial charge in [0.15, 0.2) is 0 Å². The molecule has 15 aromatic rings. The summed E-state index contributed by atoms with van der Waals surface area (Å²) in [6, 6.07) is 95.0. The average molecular weight is 1030 g/mol. The molecule has 0 bridgehead atoms. The number of fused-ring (bicyclic) bond motifs is 14. The highest BCUT2D eigenvalue weighted by Crippen LogP contribution is 2.46. The Bertz CT molecular complexity index is 5030. The molecule has 0 spiro atoms. The number of para-hydroxylation sites is 6. The van der Waals surface area contributed by atoms with Gasteiger partial charge in [-0.15, -0.1) is 0 Å². The summed E-state index contributed by atoms with van der Waals surface area (Å²) in [6.07, 6.45) is 3.19. The Kier molecular flexibility index (Phi) is 10.3. The normalized spacial score (nSPS) is 14.8. The second kappa shape index (κ2) is 17.9. The molecule has 1 N–H and O–H groups in total. The van der Waals surface area contributed by atoms with Crippen molar-refractivity contribution in [2.24, 2.45) is 10.4 Å². The van der Waals surface area contributed by atoms with Crippen LogP contribution in [0.25, 0.3) is 116 Å². The lowest BCUT2D eigenvalue weighted by molar-refractivity contribution is 0.294. The first kappa shape index (κ1) is 46.0. The summed E-state index contributed by atoms with van der Waals surface area (Å²) in [6.45, 7) is 4.76. The van der Waals surface area contributed by atoms with Crippen molar-refractivity contribution in [3.63, 3.8) is 0 Å². The highest BCUT2D eigenvalue weighted by Gasteiger charge is 2.33. The summed E-state index contributed by atoms with van der Waals surface area (Å²) >= 11 is 0. The number of allylic oxidation sites excluding steroid dienone is 1. The van der Waals surface area contributed by atoms with Crippen LogP contribution in [0.1, 0.15) is 43.0 Å². The third-order valence-electron chi connectivity index (χ3n) is 17.0. The minimum atomic E-state index is -0.305. The van der Waals surface area contributed by atoms with Crippen LogP contribution in [0.2, 0.25) is 0 Å². The lowest BCUT2D eigenvalue weighted by Crippen LogP contribution is -2.30. The summed E-state index contributed by atoms with van der Waals surface area (Å²) < 4.78 is 9.90. The Hall–Kier alpha value is -10.2. The van der Waals surface area contributed by atoms with Crippen molar-refractivity contribution >= 4 is 98.8 Å². The van der Waals surface area contributed by atoms with E-state index < -0.39 is 0 Å². The zero-order valence-electron chi connectivity index (χ0n) is 44.4. The van der Waals surface area contributed by atoms with E-state index in [2.05, 4.69) is 304 Å². The first-order valence-corrected chi connectivity index (χ1v) is 27.8. The summed E-state index contributed by atoms with van der Waals surface area (Å²) in [5, 5.41) is 13.8. The van der Waals surface area contributed by atoms with Crippen LogP contribution in [0.4, 0.5) is 0 Å². The maximum Gasteiger partial charge on any atom is 0.133 e. The molecule has 16 rings (SSSR count). The molecule has 0 saturated heterocycles. The number of hydrogen-bond donors (Lipinski definition) is 1. The van der Waals surface area contributed by atoms with Crippen molar-refractivity contribution in [1.82, 2.24) is 23.6 Å². The molecule has 6 nitrogen and oxygen atoms in total. The zero-order valence-corrected chi connectivity index (χ0v) is 44.4. The van der Waals surface area contributed by atoms with E-state index in [0.717, 1.165) is 62.9 Å². The third kappa shape index (κ3) is 7.01. The first-order chi connectivity index (χ1) is 39.5. The number of benzene rings is 11. The van der Waals surface area contributed by atoms with Gasteiger partial charge in [-0.25, -0.2) is 0 Å². The van der Waals surface area contributed by atoms with Gasteiger partial charge in [-0.1, -0.05) is 208 Å². The predicted molar refractivity (Wildman–Crippen MR) is 335 cm³/mol. The van der Waals surface area contributed by atoms with E-state index in [1.54, 1.807) is 0 Å². The number of amidine groups is 1. The van der Waals surface area contributed by atoms with E-state index in [1.807, 2.05) is 0 Å². The van der Waals surface area contributed by atoms with Crippen LogP contribution in [-0.4, -0.2) is 24.1 Å². The molecule has 1 aliphatic rings. The SMILES string of the molecule is CC1(C)CC=C(c2ccccc2)NC(c2cccc(-n3c4ccccc4c4ccc5c6ccccc6n(-c6ccccc6)c5c43)c2)=NC1c1cccc(-n2c3ccccc3c3ccc4c5ccccc5n(-c5ccccc5)c4c32)c1. The van der Waals surface area contributed by atoms with Crippen LogP contribution in [0.15, 0.2) is 272 Å². The molecule has 80 heavy (non-hydrogen) atoms. The van der Waals surface area contributed by atoms with E-state index in [4.69, 9.17) is 4.99 Å². The Balaban J connectivity index is 0.914. The molecule has 380 valence electrons. The van der Waals surface area contributed by atoms with Crippen LogP contribution < -0.4 is 5.32 Å². The summed E-state index contributed by atoms with van der Waals surface area (Å²) in [7, 11) is 0. The van der Waals surface area contributed by atoms with Gasteiger partial charge in [0, 0.05) is 77.1 Å². The van der Waals surface area contributed by atoms with Gasteiger partial charge in [0.1, 0.15) is 5.84 Å². The monoisotopic (exact) mass is 1030 g/mol. The van der Waals surface area contributed by atoms with Crippen LogP contribution in [0, 0.1) is 5.41 Å². The molecule has 0 saturated carbocycles. The van der Waals surface area contributed by atoms with E-state index in [1.165, 1.54) is 81.7 Å². The summed E-state index contributed by atoms with van der Waals surface area (Å²) in [5.41, 5.74) is 17.8. The van der Waals surface area contributed by atoms with Gasteiger partial charge >= 0.3 is 0 Å². The quantitative estimate of drug-likeness (QED) is 0.170. The minimum absolute atomic E-state index is 0.236. The van der Waals surface area contributed by atoms with Gasteiger partial charge in [-0.05, 0) is 95.8 Å². The second-order valence-corrected chi connectivity index (χ2v) is 22.1. The molecule has 1 aliphatic heterocycles. The van der Waals surface area contributed by atoms with Crippen LogP contribution in [0.3, 0.4) is 0 Å². The molecule has 1 unspecified atom stereocenters. The van der Waals surface area contributed by atoms with Gasteiger partial charge in [-0.2, -0.15) is 0 Å². The number of aromatic nitrogens is 4. The fraction of sp³-hybridized carbons (Fsp3) is 0.0676. The fourth-order valence-corrected chi connectivity index (χ4v) is 13.3. The molecule has 11 aromatic carbocycles. The highest BCUT2D eigenvalue weighted by atomic mass is 15.1. The van der Waals surface area contributed by atoms with Gasteiger partial charge < -0.3 is 23.6 Å². The molecule has 0 amide bonds. The highest BCUT2D eigenvalue weighted by molar-refractivity contribution is 6.25. The lowest BCUT2D eigenvalue weighted by Gasteiger charge is -2.34. The molecule has 0 fully saturated rings. The molecule has 4 aromatic heterocycles. The molecular formula is C74H54N6. The van der Waals surface area contributed by atoms with Crippen molar-refractivity contribution in [3.8, 4) is 22.7 Å². The smallest absolute Gasteiger partial charge is 0.133 e. The molecule has 0 aliphatic carbocycles. The van der Waals surface area contributed by atoms with Crippen molar-refractivity contribution in [1.29, 1.82) is 0 Å². The third-order valence-corrected chi connectivity index (χ3v) is 17.0. The molecule has 1 atom stereocenters. The van der Waals surface area contributed by atoms with Gasteiger partial charge in [-0.3, -0.25) is 4.99 Å². The Morgan fingerprint density at radius 2 is 0.713 bits per heavy atom. The Labute approximate surface area is 463 Å². The number of hydrogen-bond acceptors (Lipinski definition) is 2. The molecule has 5 heterocycles. The van der Waals surface area contributed by atoms with Gasteiger partial charge in [0.2, 0.25) is 0 Å². The van der Waals surface area contributed by atoms with Crippen molar-refractivity contribution in [3.05, 3.63) is 284 Å². The second-order valence-electron chi connectivity index (χ2n) is 22.1. The standard InChI is InChI=1S/C74H54N6/c1-74(2)45-44-63(48-22-6-3-7-23-48)75-73(50-25-21-31-54(47-50)80-67-39-19-15-35-58(67)62-43-41-60-56-33-13-17-37-65(56)78(69(60)71(62)80)52-28-10-5-11-29-52)76-72(74)49-24-20-30-53(46-49)79-66-38-18-14-34-57(66)61-42-40-59-55-32-12-16-36-64(55)77(68(59)70(61)79)51-26-8-4-9-27-51/h3-44,46-47,72H,45H2,1-2H3,(H,75,76). The van der Waals surface area contributed by atoms with Crippen molar-refractivity contribution in [2.45, 2.75) is 26.3 Å². The first-order valence-electron chi connectivity index (χ1n) is 27.8. The minimum Gasteiger partial charge on any atom is -0.340 e. The number of aliphatic imine (C=N–C) groups is 1. The topological polar surface area (TPSA) is 44.1 Å². The molecule has 0 radical (unpaired) electrons. The van der Waals surface area contributed by atoms with E-state index in [0.29, 0.717) is 0 Å². The Morgan fingerprint density at radius 1 is 0.350 bits per heavy atom. The van der Waals surface area contributed by atoms with Crippen molar-refractivity contribution < 1.29 is 0 Å². The van der Waals surface area contributed by atoms with E-state index in [-0.39, 0.29) is 11.5 Å². The number of nitrogens with zero attached hydrogens (tertiary/aromatic N) is 5. The van der Waals surface area contributed by atoms with Crippen LogP contribution >= 0.6 is 0 Å². The Morgan fingerprint density at radius 3 is 1.18 bits per heavy atom.